The number of halogens is 1. The Morgan fingerprint density at radius 1 is 1.26 bits per heavy atom. The summed E-state index contributed by atoms with van der Waals surface area (Å²) in [7, 11) is 0. The maximum absolute atomic E-state index is 12.1. The van der Waals surface area contributed by atoms with Crippen LogP contribution in [0.1, 0.15) is 24.1 Å². The predicted molar refractivity (Wildman–Crippen MR) is 92.9 cm³/mol. The van der Waals surface area contributed by atoms with E-state index >= 15 is 0 Å². The summed E-state index contributed by atoms with van der Waals surface area (Å²) in [6.45, 7) is 1.21. The zero-order valence-corrected chi connectivity index (χ0v) is 14.2. The third-order valence-electron chi connectivity index (χ3n) is 3.52. The Kier molecular flexibility index (Phi) is 5.41. The Morgan fingerprint density at radius 2 is 2.04 bits per heavy atom. The molecule has 0 saturated carbocycles. The van der Waals surface area contributed by atoms with Crippen LogP contribution >= 0.6 is 22.9 Å². The number of aryl methyl sites for hydroxylation is 1. The van der Waals surface area contributed by atoms with Crippen molar-refractivity contribution in [1.82, 2.24) is 0 Å². The Labute approximate surface area is 144 Å². The number of benzene rings is 1. The number of nitrogens with one attached hydrogen (secondary N) is 1. The summed E-state index contributed by atoms with van der Waals surface area (Å²) < 4.78 is 11.2. The second-order valence-corrected chi connectivity index (χ2v) is 6.75. The summed E-state index contributed by atoms with van der Waals surface area (Å²) in [5, 5.41) is 5.37. The molecular weight excluding hydrogens is 334 g/mol. The second-order valence-electron chi connectivity index (χ2n) is 5.31. The molecule has 0 spiro atoms. The first-order chi connectivity index (χ1) is 11.2. The fourth-order valence-electron chi connectivity index (χ4n) is 2.37. The van der Waals surface area contributed by atoms with Gasteiger partial charge in [-0.25, -0.2) is 0 Å². The van der Waals surface area contributed by atoms with Gasteiger partial charge in [0.05, 0.1) is 23.9 Å². The highest BCUT2D eigenvalue weighted by molar-refractivity contribution is 7.09. The molecule has 0 fully saturated rings. The van der Waals surface area contributed by atoms with Crippen LogP contribution in [0.2, 0.25) is 5.02 Å². The quantitative estimate of drug-likeness (QED) is 0.861. The van der Waals surface area contributed by atoms with E-state index in [0.29, 0.717) is 41.8 Å². The van der Waals surface area contributed by atoms with Gasteiger partial charge in [0.15, 0.2) is 11.5 Å². The van der Waals surface area contributed by atoms with Crippen LogP contribution in [0.15, 0.2) is 29.6 Å². The van der Waals surface area contributed by atoms with Crippen molar-refractivity contribution in [3.8, 4) is 11.5 Å². The van der Waals surface area contributed by atoms with Gasteiger partial charge in [0.2, 0.25) is 5.91 Å². The Balaban J connectivity index is 1.58. The van der Waals surface area contributed by atoms with E-state index in [0.717, 1.165) is 19.3 Å². The second kappa shape index (κ2) is 7.70. The number of carbonyl (C=O) groups excluding carboxylic acids is 1. The first-order valence-electron chi connectivity index (χ1n) is 7.64. The van der Waals surface area contributed by atoms with Crippen molar-refractivity contribution in [2.24, 2.45) is 0 Å². The maximum Gasteiger partial charge on any atom is 0.224 e. The summed E-state index contributed by atoms with van der Waals surface area (Å²) >= 11 is 7.94. The summed E-state index contributed by atoms with van der Waals surface area (Å²) in [5.41, 5.74) is 0.567. The first-order valence-corrected chi connectivity index (χ1v) is 8.89. The van der Waals surface area contributed by atoms with Crippen molar-refractivity contribution in [3.05, 3.63) is 39.5 Å². The molecule has 4 nitrogen and oxygen atoms in total. The van der Waals surface area contributed by atoms with E-state index in [9.17, 15) is 4.79 Å². The van der Waals surface area contributed by atoms with Crippen molar-refractivity contribution in [3.63, 3.8) is 0 Å². The molecule has 0 saturated heterocycles. The molecule has 3 rings (SSSR count). The van der Waals surface area contributed by atoms with Crippen LogP contribution in [0.25, 0.3) is 0 Å². The van der Waals surface area contributed by atoms with Crippen LogP contribution in [0.5, 0.6) is 11.5 Å². The van der Waals surface area contributed by atoms with Crippen LogP contribution in [-0.4, -0.2) is 19.1 Å². The van der Waals surface area contributed by atoms with E-state index in [1.54, 1.807) is 23.5 Å². The SMILES string of the molecule is O=C(CCCc1cccs1)Nc1cc2c(cc1Cl)OCCCO2. The van der Waals surface area contributed by atoms with Gasteiger partial charge in [-0.15, -0.1) is 11.3 Å². The lowest BCUT2D eigenvalue weighted by molar-refractivity contribution is -0.116. The van der Waals surface area contributed by atoms with Crippen molar-refractivity contribution >= 4 is 34.5 Å². The van der Waals surface area contributed by atoms with Crippen LogP contribution in [0.3, 0.4) is 0 Å². The lowest BCUT2D eigenvalue weighted by atomic mass is 10.2. The number of rotatable bonds is 5. The average Bonchev–Trinajstić information content (AvgIpc) is 2.94. The van der Waals surface area contributed by atoms with Crippen LogP contribution in [0, 0.1) is 0 Å². The fourth-order valence-corrected chi connectivity index (χ4v) is 3.32. The molecular formula is C17H18ClNO3S. The van der Waals surface area contributed by atoms with Gasteiger partial charge >= 0.3 is 0 Å². The lowest BCUT2D eigenvalue weighted by Gasteiger charge is -2.12. The molecule has 0 aliphatic carbocycles. The van der Waals surface area contributed by atoms with Gasteiger partial charge in [-0.05, 0) is 24.3 Å². The Bertz CT molecular complexity index is 673. The molecule has 1 aliphatic heterocycles. The molecule has 1 N–H and O–H groups in total. The highest BCUT2D eigenvalue weighted by Crippen LogP contribution is 2.37. The Hall–Kier alpha value is -1.72. The smallest absolute Gasteiger partial charge is 0.224 e. The van der Waals surface area contributed by atoms with Gasteiger partial charge in [0, 0.05) is 29.9 Å². The van der Waals surface area contributed by atoms with Crippen molar-refractivity contribution in [2.45, 2.75) is 25.7 Å². The van der Waals surface area contributed by atoms with E-state index in [1.807, 2.05) is 11.4 Å². The molecule has 6 heteroatoms. The van der Waals surface area contributed by atoms with Crippen molar-refractivity contribution in [1.29, 1.82) is 0 Å². The largest absolute Gasteiger partial charge is 0.490 e. The highest BCUT2D eigenvalue weighted by Gasteiger charge is 2.15. The molecule has 1 amide bonds. The van der Waals surface area contributed by atoms with Gasteiger partial charge < -0.3 is 14.8 Å². The number of anilines is 1. The fraction of sp³-hybridized carbons (Fsp3) is 0.353. The van der Waals surface area contributed by atoms with Crippen LogP contribution in [0.4, 0.5) is 5.69 Å². The molecule has 0 unspecified atom stereocenters. The predicted octanol–water partition coefficient (Wildman–Crippen LogP) is 4.52. The Morgan fingerprint density at radius 3 is 2.78 bits per heavy atom. The molecule has 2 heterocycles. The topological polar surface area (TPSA) is 47.6 Å². The number of fused-ring (bicyclic) bond motifs is 1. The standard InChI is InChI=1S/C17H18ClNO3S/c18-13-10-15-16(22-8-3-7-21-15)11-14(13)19-17(20)6-1-4-12-5-2-9-23-12/h2,5,9-11H,1,3-4,6-8H2,(H,19,20). The summed E-state index contributed by atoms with van der Waals surface area (Å²) in [4.78, 5) is 13.4. The number of hydrogen-bond acceptors (Lipinski definition) is 4. The van der Waals surface area contributed by atoms with Gasteiger partial charge in [0.1, 0.15) is 0 Å². The average molecular weight is 352 g/mol. The zero-order chi connectivity index (χ0) is 16.1. The maximum atomic E-state index is 12.1. The van der Waals surface area contributed by atoms with E-state index in [1.165, 1.54) is 4.88 Å². The highest BCUT2D eigenvalue weighted by atomic mass is 35.5. The molecule has 1 aromatic heterocycles. The van der Waals surface area contributed by atoms with E-state index in [-0.39, 0.29) is 5.91 Å². The number of ether oxygens (including phenoxy) is 2. The molecule has 1 aliphatic rings. The molecule has 1 aromatic carbocycles. The summed E-state index contributed by atoms with van der Waals surface area (Å²) in [5.74, 6) is 1.21. The van der Waals surface area contributed by atoms with Crippen molar-refractivity contribution < 1.29 is 14.3 Å². The zero-order valence-electron chi connectivity index (χ0n) is 12.6. The van der Waals surface area contributed by atoms with Gasteiger partial charge in [-0.1, -0.05) is 17.7 Å². The third-order valence-corrected chi connectivity index (χ3v) is 4.77. The molecule has 23 heavy (non-hydrogen) atoms. The monoisotopic (exact) mass is 351 g/mol. The molecule has 0 radical (unpaired) electrons. The number of hydrogen-bond donors (Lipinski definition) is 1. The summed E-state index contributed by atoms with van der Waals surface area (Å²) in [6, 6.07) is 7.55. The number of thiophene rings is 1. The first kappa shape index (κ1) is 16.1. The number of amides is 1. The number of carbonyl (C=O) groups is 1. The normalized spacial score (nSPS) is 13.4. The molecule has 0 bridgehead atoms. The molecule has 0 atom stereocenters. The van der Waals surface area contributed by atoms with Crippen LogP contribution < -0.4 is 14.8 Å². The minimum atomic E-state index is -0.0436. The van der Waals surface area contributed by atoms with E-state index in [4.69, 9.17) is 21.1 Å². The minimum absolute atomic E-state index is 0.0436. The molecule has 2 aromatic rings. The summed E-state index contributed by atoms with van der Waals surface area (Å²) in [6.07, 6.45) is 3.02. The van der Waals surface area contributed by atoms with Crippen LogP contribution in [-0.2, 0) is 11.2 Å². The lowest BCUT2D eigenvalue weighted by Crippen LogP contribution is -2.12. The van der Waals surface area contributed by atoms with Crippen molar-refractivity contribution in [2.75, 3.05) is 18.5 Å². The molecule has 122 valence electrons. The van der Waals surface area contributed by atoms with Gasteiger partial charge in [0.25, 0.3) is 0 Å². The van der Waals surface area contributed by atoms with Gasteiger partial charge in [-0.3, -0.25) is 4.79 Å². The third kappa shape index (κ3) is 4.39. The van der Waals surface area contributed by atoms with E-state index < -0.39 is 0 Å². The minimum Gasteiger partial charge on any atom is -0.490 e. The van der Waals surface area contributed by atoms with Gasteiger partial charge in [-0.2, -0.15) is 0 Å². The van der Waals surface area contributed by atoms with E-state index in [2.05, 4.69) is 11.4 Å².